The minimum atomic E-state index is 0. The molecule has 1 aromatic rings. The maximum Gasteiger partial charge on any atom is 0.246 e. The third kappa shape index (κ3) is 4.41. The summed E-state index contributed by atoms with van der Waals surface area (Å²) in [5.41, 5.74) is 6.56. The minimum absolute atomic E-state index is 0. The van der Waals surface area contributed by atoms with E-state index in [0.717, 1.165) is 24.9 Å². The lowest BCUT2D eigenvalue weighted by Crippen LogP contribution is -2.57. The summed E-state index contributed by atoms with van der Waals surface area (Å²) in [7, 11) is 1.85. The average Bonchev–Trinajstić information content (AvgIpc) is 3.00. The summed E-state index contributed by atoms with van der Waals surface area (Å²) in [6.07, 6.45) is 9.27. The molecule has 0 radical (unpaired) electrons. The van der Waals surface area contributed by atoms with Gasteiger partial charge < -0.3 is 15.5 Å². The number of hydrogen-bond acceptors (Lipinski definition) is 4. The molecular weight excluding hydrogens is 342 g/mol. The quantitative estimate of drug-likeness (QED) is 0.792. The molecule has 25 heavy (non-hydrogen) atoms. The van der Waals surface area contributed by atoms with Crippen LogP contribution in [0.25, 0.3) is 6.08 Å². The molecule has 7 nitrogen and oxygen atoms in total. The molecule has 2 fully saturated rings. The molecule has 2 atom stereocenters. The number of amides is 2. The van der Waals surface area contributed by atoms with Crippen LogP contribution in [0.2, 0.25) is 0 Å². The maximum absolute atomic E-state index is 12.4. The number of fused-ring (bicyclic) bond motifs is 1. The number of carbonyl (C=O) groups is 2. The van der Waals surface area contributed by atoms with Crippen LogP contribution in [0.3, 0.4) is 0 Å². The van der Waals surface area contributed by atoms with E-state index in [4.69, 9.17) is 5.73 Å². The molecule has 2 aliphatic heterocycles. The summed E-state index contributed by atoms with van der Waals surface area (Å²) in [6, 6.07) is 0.237. The molecule has 3 rings (SSSR count). The molecule has 2 amide bonds. The second-order valence-corrected chi connectivity index (χ2v) is 6.60. The van der Waals surface area contributed by atoms with Gasteiger partial charge in [-0.05, 0) is 24.8 Å². The number of aromatic nitrogens is 2. The van der Waals surface area contributed by atoms with Gasteiger partial charge in [-0.25, -0.2) is 0 Å². The van der Waals surface area contributed by atoms with E-state index in [2.05, 4.69) is 5.10 Å². The van der Waals surface area contributed by atoms with E-state index in [1.54, 1.807) is 23.0 Å². The molecule has 138 valence electrons. The molecule has 1 aromatic heterocycles. The van der Waals surface area contributed by atoms with E-state index in [-0.39, 0.29) is 30.3 Å². The molecule has 2 N–H and O–H groups in total. The largest absolute Gasteiger partial charge is 0.339 e. The Morgan fingerprint density at radius 1 is 1.44 bits per heavy atom. The Kier molecular flexibility index (Phi) is 6.61. The fourth-order valence-electron chi connectivity index (χ4n) is 3.78. The third-order valence-corrected chi connectivity index (χ3v) is 4.97. The molecule has 8 heteroatoms. The van der Waals surface area contributed by atoms with Crippen LogP contribution in [0.15, 0.2) is 18.5 Å². The van der Waals surface area contributed by atoms with Crippen molar-refractivity contribution in [1.82, 2.24) is 19.6 Å². The van der Waals surface area contributed by atoms with Crippen molar-refractivity contribution in [2.75, 3.05) is 26.2 Å². The number of likely N-dealkylation sites (tertiary alicyclic amines) is 2. The first kappa shape index (κ1) is 19.5. The normalized spacial score (nSPS) is 23.5. The van der Waals surface area contributed by atoms with Gasteiger partial charge in [0.25, 0.3) is 0 Å². The Balaban J connectivity index is 0.00000225. The SMILES string of the molecule is Cl.Cn1cc(C=CC(=O)N2CC[C@@H]3[C@@H](CCC(=O)N3CCN)C2)cn1. The number of rotatable bonds is 4. The summed E-state index contributed by atoms with van der Waals surface area (Å²) < 4.78 is 1.71. The van der Waals surface area contributed by atoms with Crippen molar-refractivity contribution in [3.63, 3.8) is 0 Å². The number of aryl methyl sites for hydroxylation is 1. The van der Waals surface area contributed by atoms with Gasteiger partial charge in [-0.2, -0.15) is 5.10 Å². The van der Waals surface area contributed by atoms with E-state index in [9.17, 15) is 9.59 Å². The number of nitrogens with two attached hydrogens (primary N) is 1. The molecule has 0 saturated carbocycles. The van der Waals surface area contributed by atoms with Crippen LogP contribution >= 0.6 is 12.4 Å². The highest BCUT2D eigenvalue weighted by Crippen LogP contribution is 2.31. The zero-order valence-corrected chi connectivity index (χ0v) is 15.3. The lowest BCUT2D eigenvalue weighted by Gasteiger charge is -2.46. The van der Waals surface area contributed by atoms with E-state index >= 15 is 0 Å². The van der Waals surface area contributed by atoms with Gasteiger partial charge in [-0.1, -0.05) is 0 Å². The average molecular weight is 368 g/mol. The van der Waals surface area contributed by atoms with Crippen molar-refractivity contribution in [3.8, 4) is 0 Å². The van der Waals surface area contributed by atoms with Crippen LogP contribution in [0.4, 0.5) is 0 Å². The van der Waals surface area contributed by atoms with Gasteiger partial charge >= 0.3 is 0 Å². The molecule has 2 aliphatic rings. The molecule has 0 aliphatic carbocycles. The standard InChI is InChI=1S/C17H25N5O2.ClH/c1-20-11-13(10-19-20)2-4-16(23)21-8-6-15-14(12-21)3-5-17(24)22(15)9-7-18;/h2,4,10-11,14-15H,3,5-9,12,18H2,1H3;1H/t14-,15+;/m0./s1. The fraction of sp³-hybridized carbons (Fsp3) is 0.588. The van der Waals surface area contributed by atoms with E-state index in [1.165, 1.54) is 0 Å². The smallest absolute Gasteiger partial charge is 0.246 e. The summed E-state index contributed by atoms with van der Waals surface area (Å²) in [4.78, 5) is 28.3. The molecule has 2 saturated heterocycles. The lowest BCUT2D eigenvalue weighted by molar-refractivity contribution is -0.142. The summed E-state index contributed by atoms with van der Waals surface area (Å²) >= 11 is 0. The Hall–Kier alpha value is -1.86. The lowest BCUT2D eigenvalue weighted by atomic mass is 9.83. The zero-order valence-electron chi connectivity index (χ0n) is 14.5. The van der Waals surface area contributed by atoms with Crippen LogP contribution < -0.4 is 5.73 Å². The zero-order chi connectivity index (χ0) is 17.1. The second kappa shape index (κ2) is 8.49. The third-order valence-electron chi connectivity index (χ3n) is 4.97. The predicted octanol–water partition coefficient (Wildman–Crippen LogP) is 0.653. The Morgan fingerprint density at radius 2 is 2.24 bits per heavy atom. The van der Waals surface area contributed by atoms with Gasteiger partial charge in [0.15, 0.2) is 0 Å². The van der Waals surface area contributed by atoms with Crippen molar-refractivity contribution in [2.24, 2.45) is 18.7 Å². The number of halogens is 1. The van der Waals surface area contributed by atoms with Crippen LogP contribution in [-0.4, -0.2) is 63.6 Å². The van der Waals surface area contributed by atoms with Crippen LogP contribution in [-0.2, 0) is 16.6 Å². The number of piperidine rings is 2. The van der Waals surface area contributed by atoms with Crippen molar-refractivity contribution >= 4 is 30.3 Å². The molecular formula is C17H26ClN5O2. The molecule has 3 heterocycles. The van der Waals surface area contributed by atoms with E-state index in [0.29, 0.717) is 32.0 Å². The fourth-order valence-corrected chi connectivity index (χ4v) is 3.78. The maximum atomic E-state index is 12.4. The van der Waals surface area contributed by atoms with Gasteiger partial charge in [0.2, 0.25) is 11.8 Å². The molecule has 0 unspecified atom stereocenters. The first-order chi connectivity index (χ1) is 11.6. The summed E-state index contributed by atoms with van der Waals surface area (Å²) in [6.45, 7) is 2.52. The van der Waals surface area contributed by atoms with Gasteiger partial charge in [0.05, 0.1) is 6.20 Å². The number of nitrogens with zero attached hydrogens (tertiary/aromatic N) is 4. The Morgan fingerprint density at radius 3 is 2.92 bits per heavy atom. The van der Waals surface area contributed by atoms with Crippen LogP contribution in [0, 0.1) is 5.92 Å². The van der Waals surface area contributed by atoms with Crippen LogP contribution in [0.5, 0.6) is 0 Å². The van der Waals surface area contributed by atoms with E-state index < -0.39 is 0 Å². The number of carbonyl (C=O) groups excluding carboxylic acids is 2. The van der Waals surface area contributed by atoms with Gasteiger partial charge in [0, 0.05) is 63.5 Å². The highest BCUT2D eigenvalue weighted by Gasteiger charge is 2.39. The van der Waals surface area contributed by atoms with Crippen molar-refractivity contribution in [3.05, 3.63) is 24.0 Å². The highest BCUT2D eigenvalue weighted by atomic mass is 35.5. The monoisotopic (exact) mass is 367 g/mol. The van der Waals surface area contributed by atoms with Gasteiger partial charge in [-0.15, -0.1) is 12.4 Å². The predicted molar refractivity (Wildman–Crippen MR) is 98.0 cm³/mol. The first-order valence-electron chi connectivity index (χ1n) is 8.53. The summed E-state index contributed by atoms with van der Waals surface area (Å²) in [5, 5.41) is 4.09. The van der Waals surface area contributed by atoms with Crippen LogP contribution in [0.1, 0.15) is 24.8 Å². The minimum Gasteiger partial charge on any atom is -0.339 e. The van der Waals surface area contributed by atoms with Crippen molar-refractivity contribution in [1.29, 1.82) is 0 Å². The van der Waals surface area contributed by atoms with Crippen molar-refractivity contribution < 1.29 is 9.59 Å². The highest BCUT2D eigenvalue weighted by molar-refractivity contribution is 5.91. The number of hydrogen-bond donors (Lipinski definition) is 1. The van der Waals surface area contributed by atoms with E-state index in [1.807, 2.05) is 23.0 Å². The topological polar surface area (TPSA) is 84.5 Å². The molecule has 0 spiro atoms. The summed E-state index contributed by atoms with van der Waals surface area (Å²) in [5.74, 6) is 0.594. The van der Waals surface area contributed by atoms with Gasteiger partial charge in [0.1, 0.15) is 0 Å². The molecule has 0 bridgehead atoms. The Labute approximate surface area is 154 Å². The van der Waals surface area contributed by atoms with Gasteiger partial charge in [-0.3, -0.25) is 14.3 Å². The Bertz CT molecular complexity index is 645. The second-order valence-electron chi connectivity index (χ2n) is 6.60. The van der Waals surface area contributed by atoms with Crippen molar-refractivity contribution in [2.45, 2.75) is 25.3 Å². The first-order valence-corrected chi connectivity index (χ1v) is 8.53. The molecule has 0 aromatic carbocycles.